The maximum atomic E-state index is 4.95. The van der Waals surface area contributed by atoms with Gasteiger partial charge in [-0.05, 0) is 38.4 Å². The summed E-state index contributed by atoms with van der Waals surface area (Å²) in [7, 11) is 0. The van der Waals surface area contributed by atoms with E-state index in [9.17, 15) is 0 Å². The maximum absolute atomic E-state index is 4.95. The van der Waals surface area contributed by atoms with Crippen LogP contribution >= 0.6 is 0 Å². The Morgan fingerprint density at radius 3 is 2.95 bits per heavy atom. The van der Waals surface area contributed by atoms with Gasteiger partial charge < -0.3 is 10.2 Å². The molecule has 1 atom stereocenters. The minimum atomic E-state index is 0.601. The van der Waals surface area contributed by atoms with Gasteiger partial charge in [-0.25, -0.2) is 4.98 Å². The Kier molecular flexibility index (Phi) is 3.88. The lowest BCUT2D eigenvalue weighted by Crippen LogP contribution is -2.29. The second kappa shape index (κ2) is 5.80. The van der Waals surface area contributed by atoms with E-state index in [0.29, 0.717) is 6.04 Å². The lowest BCUT2D eigenvalue weighted by Gasteiger charge is -2.25. The van der Waals surface area contributed by atoms with E-state index >= 15 is 0 Å². The second-order valence-electron chi connectivity index (χ2n) is 5.63. The van der Waals surface area contributed by atoms with Crippen LogP contribution in [0, 0.1) is 0 Å². The van der Waals surface area contributed by atoms with Crippen molar-refractivity contribution in [3.8, 4) is 0 Å². The summed E-state index contributed by atoms with van der Waals surface area (Å²) in [6, 6.07) is 11.3. The average molecular weight is 269 g/mol. The minimum absolute atomic E-state index is 0.601. The average Bonchev–Trinajstić information content (AvgIpc) is 2.90. The number of rotatable bonds is 4. The molecule has 0 radical (unpaired) electrons. The summed E-state index contributed by atoms with van der Waals surface area (Å²) in [5.74, 6) is 1.18. The van der Waals surface area contributed by atoms with Crippen LogP contribution in [0.2, 0.25) is 0 Å². The molecule has 1 N–H and O–H groups in total. The van der Waals surface area contributed by atoms with Crippen molar-refractivity contribution in [2.24, 2.45) is 0 Å². The molecule has 1 aliphatic rings. The van der Waals surface area contributed by atoms with E-state index in [-0.39, 0.29) is 0 Å². The number of hydrogen-bond acceptors (Lipinski definition) is 3. The molecule has 1 unspecified atom stereocenters. The molecule has 0 saturated carbocycles. The molecule has 106 valence electrons. The fourth-order valence-corrected chi connectivity index (χ4v) is 3.04. The van der Waals surface area contributed by atoms with Gasteiger partial charge in [-0.2, -0.15) is 0 Å². The molecular formula is C17H23N3. The first-order valence-electron chi connectivity index (χ1n) is 7.65. The number of para-hydroxylation sites is 1. The van der Waals surface area contributed by atoms with Crippen LogP contribution in [0.4, 0.5) is 5.82 Å². The van der Waals surface area contributed by atoms with Gasteiger partial charge in [0, 0.05) is 30.1 Å². The van der Waals surface area contributed by atoms with Gasteiger partial charge in [0.05, 0.1) is 5.52 Å². The van der Waals surface area contributed by atoms with E-state index < -0.39 is 0 Å². The smallest absolute Gasteiger partial charge is 0.134 e. The summed E-state index contributed by atoms with van der Waals surface area (Å²) in [4.78, 5) is 7.42. The highest BCUT2D eigenvalue weighted by molar-refractivity contribution is 5.82. The fraction of sp³-hybridized carbons (Fsp3) is 0.471. The largest absolute Gasteiger partial charge is 0.354 e. The number of anilines is 1. The quantitative estimate of drug-likeness (QED) is 0.922. The Morgan fingerprint density at radius 1 is 1.35 bits per heavy atom. The van der Waals surface area contributed by atoms with Crippen LogP contribution in [-0.4, -0.2) is 24.1 Å². The molecule has 3 rings (SSSR count). The summed E-state index contributed by atoms with van der Waals surface area (Å²) in [6.45, 7) is 7.47. The van der Waals surface area contributed by atoms with Crippen LogP contribution in [-0.2, 0) is 6.54 Å². The zero-order valence-electron chi connectivity index (χ0n) is 12.4. The van der Waals surface area contributed by atoms with Crippen LogP contribution in [0.3, 0.4) is 0 Å². The van der Waals surface area contributed by atoms with Crippen LogP contribution in [0.5, 0.6) is 0 Å². The highest BCUT2D eigenvalue weighted by Gasteiger charge is 2.24. The lowest BCUT2D eigenvalue weighted by atomic mass is 10.1. The SMILES string of the molecule is CCNCc1cc2ccccc2nc1N1CCCC1C. The van der Waals surface area contributed by atoms with E-state index in [1.807, 2.05) is 0 Å². The molecule has 1 aliphatic heterocycles. The molecule has 2 heterocycles. The number of nitrogens with one attached hydrogen (secondary N) is 1. The number of hydrogen-bond donors (Lipinski definition) is 1. The van der Waals surface area contributed by atoms with Gasteiger partial charge in [-0.3, -0.25) is 0 Å². The first-order chi connectivity index (χ1) is 9.79. The summed E-state index contributed by atoms with van der Waals surface area (Å²) >= 11 is 0. The van der Waals surface area contributed by atoms with Crippen molar-refractivity contribution in [2.75, 3.05) is 18.0 Å². The van der Waals surface area contributed by atoms with Gasteiger partial charge in [-0.1, -0.05) is 25.1 Å². The van der Waals surface area contributed by atoms with Gasteiger partial charge in [0.15, 0.2) is 0 Å². The molecule has 1 saturated heterocycles. The highest BCUT2D eigenvalue weighted by atomic mass is 15.2. The Hall–Kier alpha value is -1.61. The number of benzene rings is 1. The van der Waals surface area contributed by atoms with E-state index in [2.05, 4.69) is 54.4 Å². The molecule has 3 heteroatoms. The molecule has 1 aromatic heterocycles. The van der Waals surface area contributed by atoms with Gasteiger partial charge in [0.25, 0.3) is 0 Å². The highest BCUT2D eigenvalue weighted by Crippen LogP contribution is 2.29. The van der Waals surface area contributed by atoms with Crippen LogP contribution in [0.15, 0.2) is 30.3 Å². The predicted molar refractivity (Wildman–Crippen MR) is 85.2 cm³/mol. The molecule has 0 spiro atoms. The van der Waals surface area contributed by atoms with Gasteiger partial charge in [0.1, 0.15) is 5.82 Å². The zero-order valence-corrected chi connectivity index (χ0v) is 12.4. The first-order valence-corrected chi connectivity index (χ1v) is 7.65. The summed E-state index contributed by atoms with van der Waals surface area (Å²) in [5, 5.41) is 4.67. The van der Waals surface area contributed by atoms with Gasteiger partial charge >= 0.3 is 0 Å². The molecule has 1 fully saturated rings. The molecule has 0 aliphatic carbocycles. The van der Waals surface area contributed by atoms with Crippen molar-refractivity contribution in [1.29, 1.82) is 0 Å². The summed E-state index contributed by atoms with van der Waals surface area (Å²) in [6.07, 6.45) is 2.55. The third-order valence-corrected chi connectivity index (χ3v) is 4.17. The van der Waals surface area contributed by atoms with E-state index in [1.54, 1.807) is 0 Å². The molecule has 3 nitrogen and oxygen atoms in total. The normalized spacial score (nSPS) is 18.9. The first kappa shape index (κ1) is 13.4. The van der Waals surface area contributed by atoms with Crippen molar-refractivity contribution in [3.63, 3.8) is 0 Å². The maximum Gasteiger partial charge on any atom is 0.134 e. The number of pyridine rings is 1. The van der Waals surface area contributed by atoms with Crippen molar-refractivity contribution < 1.29 is 0 Å². The lowest BCUT2D eigenvalue weighted by molar-refractivity contribution is 0.699. The van der Waals surface area contributed by atoms with Gasteiger partial charge in [-0.15, -0.1) is 0 Å². The Morgan fingerprint density at radius 2 is 2.20 bits per heavy atom. The van der Waals surface area contributed by atoms with Crippen LogP contribution in [0.25, 0.3) is 10.9 Å². The predicted octanol–water partition coefficient (Wildman–Crippen LogP) is 3.33. The molecule has 20 heavy (non-hydrogen) atoms. The Balaban J connectivity index is 2.06. The van der Waals surface area contributed by atoms with Gasteiger partial charge in [0.2, 0.25) is 0 Å². The Bertz CT molecular complexity index is 594. The standard InChI is InChI=1S/C17H23N3/c1-3-18-12-15-11-14-8-4-5-9-16(14)19-17(15)20-10-6-7-13(20)2/h4-5,8-9,11,13,18H,3,6-7,10,12H2,1-2H3. The fourth-order valence-electron chi connectivity index (χ4n) is 3.04. The van der Waals surface area contributed by atoms with E-state index in [4.69, 9.17) is 4.98 Å². The molecule has 1 aromatic carbocycles. The van der Waals surface area contributed by atoms with E-state index in [1.165, 1.54) is 29.6 Å². The zero-order chi connectivity index (χ0) is 13.9. The Labute approximate surface area is 121 Å². The van der Waals surface area contributed by atoms with Crippen molar-refractivity contribution in [1.82, 2.24) is 10.3 Å². The monoisotopic (exact) mass is 269 g/mol. The molecule has 0 amide bonds. The van der Waals surface area contributed by atoms with Crippen molar-refractivity contribution in [2.45, 2.75) is 39.3 Å². The van der Waals surface area contributed by atoms with Crippen LogP contribution < -0.4 is 10.2 Å². The van der Waals surface area contributed by atoms with Crippen molar-refractivity contribution >= 4 is 16.7 Å². The summed E-state index contributed by atoms with van der Waals surface area (Å²) < 4.78 is 0. The summed E-state index contributed by atoms with van der Waals surface area (Å²) in [5.41, 5.74) is 2.42. The third kappa shape index (κ3) is 2.50. The number of aromatic nitrogens is 1. The molecule has 0 bridgehead atoms. The van der Waals surface area contributed by atoms with Crippen LogP contribution in [0.1, 0.15) is 32.3 Å². The second-order valence-corrected chi connectivity index (χ2v) is 5.63. The number of fused-ring (bicyclic) bond motifs is 1. The topological polar surface area (TPSA) is 28.2 Å². The minimum Gasteiger partial charge on any atom is -0.354 e. The third-order valence-electron chi connectivity index (χ3n) is 4.17. The van der Waals surface area contributed by atoms with E-state index in [0.717, 1.165) is 25.2 Å². The number of nitrogens with zero attached hydrogens (tertiary/aromatic N) is 2. The molecule has 2 aromatic rings. The van der Waals surface area contributed by atoms with Crippen molar-refractivity contribution in [3.05, 3.63) is 35.9 Å². The molecular weight excluding hydrogens is 246 g/mol.